The Labute approximate surface area is 174 Å². The molecule has 130 valence electrons. The van der Waals surface area contributed by atoms with Crippen molar-refractivity contribution >= 4 is 54.9 Å². The Bertz CT molecular complexity index is 953. The van der Waals surface area contributed by atoms with E-state index in [0.29, 0.717) is 0 Å². The monoisotopic (exact) mass is 488 g/mol. The zero-order valence-corrected chi connectivity index (χ0v) is 17.7. The van der Waals surface area contributed by atoms with Gasteiger partial charge in [-0.15, -0.1) is 0 Å². The zero-order chi connectivity index (χ0) is 18.1. The highest BCUT2D eigenvalue weighted by Crippen LogP contribution is 2.37. The lowest BCUT2D eigenvalue weighted by Crippen LogP contribution is -2.18. The molecule has 0 amide bonds. The van der Waals surface area contributed by atoms with E-state index in [0.717, 1.165) is 37.4 Å². The van der Waals surface area contributed by atoms with E-state index in [9.17, 15) is 0 Å². The highest BCUT2D eigenvalue weighted by Gasteiger charge is 2.30. The first-order valence-electron chi connectivity index (χ1n) is 8.24. The SMILES string of the molecule is Clc1ccc([C@H]2CC(c3ccc(Br)cc3)=NN2c2cccc(Br)c2)cc1. The van der Waals surface area contributed by atoms with E-state index in [1.165, 1.54) is 5.56 Å². The Morgan fingerprint density at radius 1 is 0.885 bits per heavy atom. The minimum absolute atomic E-state index is 0.139. The molecule has 3 aromatic carbocycles. The standard InChI is InChI=1S/C21H15Br2ClN2/c22-16-8-4-14(5-9-16)20-13-21(15-6-10-18(24)11-7-15)26(25-20)19-3-1-2-17(23)12-19/h1-12,21H,13H2/t21-/m1/s1. The van der Waals surface area contributed by atoms with Crippen LogP contribution in [-0.4, -0.2) is 5.71 Å². The highest BCUT2D eigenvalue weighted by molar-refractivity contribution is 9.10. The first kappa shape index (κ1) is 17.8. The first-order valence-corrected chi connectivity index (χ1v) is 10.2. The number of hydrogen-bond donors (Lipinski definition) is 0. The van der Waals surface area contributed by atoms with Crippen LogP contribution in [0.15, 0.2) is 86.8 Å². The molecule has 0 N–H and O–H groups in total. The Hall–Kier alpha value is -1.62. The predicted molar refractivity (Wildman–Crippen MR) is 116 cm³/mol. The number of nitrogens with zero attached hydrogens (tertiary/aromatic N) is 2. The molecule has 0 saturated heterocycles. The van der Waals surface area contributed by atoms with E-state index in [1.54, 1.807) is 0 Å². The van der Waals surface area contributed by atoms with Crippen molar-refractivity contribution < 1.29 is 0 Å². The molecule has 1 atom stereocenters. The Balaban J connectivity index is 1.75. The van der Waals surface area contributed by atoms with Crippen molar-refractivity contribution in [2.24, 2.45) is 5.10 Å². The lowest BCUT2D eigenvalue weighted by Gasteiger charge is -2.24. The van der Waals surface area contributed by atoms with Crippen LogP contribution < -0.4 is 5.01 Å². The average molecular weight is 491 g/mol. The summed E-state index contributed by atoms with van der Waals surface area (Å²) in [4.78, 5) is 0. The summed E-state index contributed by atoms with van der Waals surface area (Å²) in [6.45, 7) is 0. The summed E-state index contributed by atoms with van der Waals surface area (Å²) in [5, 5.41) is 7.81. The second kappa shape index (κ2) is 7.55. The molecule has 1 aliphatic heterocycles. The summed E-state index contributed by atoms with van der Waals surface area (Å²) >= 11 is 13.1. The lowest BCUT2D eigenvalue weighted by molar-refractivity contribution is 0.709. The van der Waals surface area contributed by atoms with Crippen molar-refractivity contribution in [3.8, 4) is 0 Å². The van der Waals surface area contributed by atoms with Gasteiger partial charge in [0.05, 0.1) is 17.4 Å². The fourth-order valence-corrected chi connectivity index (χ4v) is 3.91. The minimum Gasteiger partial charge on any atom is -0.257 e. The molecule has 4 rings (SSSR count). The van der Waals surface area contributed by atoms with Gasteiger partial charge in [-0.2, -0.15) is 5.10 Å². The molecule has 0 unspecified atom stereocenters. The number of hydrogen-bond acceptors (Lipinski definition) is 2. The maximum absolute atomic E-state index is 6.08. The summed E-state index contributed by atoms with van der Waals surface area (Å²) in [5.74, 6) is 0. The number of anilines is 1. The molecule has 0 aliphatic carbocycles. The zero-order valence-electron chi connectivity index (χ0n) is 13.7. The van der Waals surface area contributed by atoms with E-state index in [1.807, 2.05) is 24.3 Å². The minimum atomic E-state index is 0.139. The third-order valence-electron chi connectivity index (χ3n) is 4.42. The topological polar surface area (TPSA) is 15.6 Å². The number of halogens is 3. The van der Waals surface area contributed by atoms with E-state index < -0.39 is 0 Å². The van der Waals surface area contributed by atoms with Crippen molar-refractivity contribution in [1.29, 1.82) is 0 Å². The van der Waals surface area contributed by atoms with Crippen LogP contribution in [0.5, 0.6) is 0 Å². The van der Waals surface area contributed by atoms with Gasteiger partial charge in [-0.3, -0.25) is 5.01 Å². The van der Waals surface area contributed by atoms with Gasteiger partial charge in [0.2, 0.25) is 0 Å². The van der Waals surface area contributed by atoms with Crippen molar-refractivity contribution in [1.82, 2.24) is 0 Å². The normalized spacial score (nSPS) is 16.7. The van der Waals surface area contributed by atoms with Crippen LogP contribution in [0.2, 0.25) is 5.02 Å². The maximum Gasteiger partial charge on any atom is 0.0831 e. The van der Waals surface area contributed by atoms with Crippen molar-refractivity contribution in [2.75, 3.05) is 5.01 Å². The molecule has 0 aromatic heterocycles. The third-order valence-corrected chi connectivity index (χ3v) is 5.69. The number of hydrazone groups is 1. The van der Waals surface area contributed by atoms with Crippen LogP contribution in [0.3, 0.4) is 0 Å². The molecule has 1 aliphatic rings. The van der Waals surface area contributed by atoms with Crippen LogP contribution >= 0.6 is 43.5 Å². The van der Waals surface area contributed by atoms with Crippen molar-refractivity contribution in [3.63, 3.8) is 0 Å². The van der Waals surface area contributed by atoms with Gasteiger partial charge in [0.1, 0.15) is 0 Å². The molecule has 0 radical (unpaired) electrons. The van der Waals surface area contributed by atoms with Gasteiger partial charge in [-0.05, 0) is 53.6 Å². The van der Waals surface area contributed by atoms with Gasteiger partial charge < -0.3 is 0 Å². The molecule has 0 bridgehead atoms. The largest absolute Gasteiger partial charge is 0.257 e. The predicted octanol–water partition coefficient (Wildman–Crippen LogP) is 7.22. The van der Waals surface area contributed by atoms with Crippen LogP contribution in [0.25, 0.3) is 0 Å². The van der Waals surface area contributed by atoms with Crippen molar-refractivity contribution in [3.05, 3.63) is 97.9 Å². The quantitative estimate of drug-likeness (QED) is 0.378. The first-order chi connectivity index (χ1) is 12.6. The smallest absolute Gasteiger partial charge is 0.0831 e. The summed E-state index contributed by atoms with van der Waals surface area (Å²) in [5.41, 5.74) is 4.48. The van der Waals surface area contributed by atoms with Gasteiger partial charge in [-0.25, -0.2) is 0 Å². The molecule has 0 saturated carbocycles. The van der Waals surface area contributed by atoms with Crippen LogP contribution in [-0.2, 0) is 0 Å². The second-order valence-electron chi connectivity index (χ2n) is 6.15. The van der Waals surface area contributed by atoms with Crippen LogP contribution in [0, 0.1) is 0 Å². The molecule has 2 nitrogen and oxygen atoms in total. The Morgan fingerprint density at radius 2 is 1.62 bits per heavy atom. The van der Waals surface area contributed by atoms with E-state index in [-0.39, 0.29) is 6.04 Å². The highest BCUT2D eigenvalue weighted by atomic mass is 79.9. The van der Waals surface area contributed by atoms with Crippen LogP contribution in [0.1, 0.15) is 23.6 Å². The fraction of sp³-hybridized carbons (Fsp3) is 0.0952. The van der Waals surface area contributed by atoms with E-state index in [4.69, 9.17) is 16.7 Å². The molecular weight excluding hydrogens is 476 g/mol. The maximum atomic E-state index is 6.08. The second-order valence-corrected chi connectivity index (χ2v) is 8.42. The fourth-order valence-electron chi connectivity index (χ4n) is 3.13. The Kier molecular flexibility index (Phi) is 5.16. The van der Waals surface area contributed by atoms with E-state index in [2.05, 4.69) is 85.4 Å². The Morgan fingerprint density at radius 3 is 2.31 bits per heavy atom. The molecule has 3 aromatic rings. The molecule has 0 fully saturated rings. The molecule has 0 spiro atoms. The van der Waals surface area contributed by atoms with Gasteiger partial charge in [0, 0.05) is 20.4 Å². The van der Waals surface area contributed by atoms with E-state index >= 15 is 0 Å². The molecule has 5 heteroatoms. The van der Waals surface area contributed by atoms with Gasteiger partial charge in [-0.1, -0.05) is 73.8 Å². The molecule has 1 heterocycles. The summed E-state index contributed by atoms with van der Waals surface area (Å²) in [7, 11) is 0. The number of benzene rings is 3. The van der Waals surface area contributed by atoms with Gasteiger partial charge in [0.15, 0.2) is 0 Å². The van der Waals surface area contributed by atoms with Crippen LogP contribution in [0.4, 0.5) is 5.69 Å². The number of rotatable bonds is 3. The van der Waals surface area contributed by atoms with Gasteiger partial charge in [0.25, 0.3) is 0 Å². The lowest BCUT2D eigenvalue weighted by atomic mass is 9.98. The van der Waals surface area contributed by atoms with Crippen molar-refractivity contribution in [2.45, 2.75) is 12.5 Å². The summed E-state index contributed by atoms with van der Waals surface area (Å²) < 4.78 is 2.11. The van der Waals surface area contributed by atoms with Gasteiger partial charge >= 0.3 is 0 Å². The molecular formula is C21H15Br2ClN2. The summed E-state index contributed by atoms with van der Waals surface area (Å²) in [6.07, 6.45) is 0.843. The molecule has 26 heavy (non-hydrogen) atoms. The average Bonchev–Trinajstić information content (AvgIpc) is 3.08. The summed E-state index contributed by atoms with van der Waals surface area (Å²) in [6, 6.07) is 24.7. The third kappa shape index (κ3) is 3.73.